The van der Waals surface area contributed by atoms with Gasteiger partial charge in [-0.25, -0.2) is 4.79 Å². The number of thiophene rings is 1. The molecule has 1 aliphatic rings. The van der Waals surface area contributed by atoms with Crippen molar-refractivity contribution in [1.82, 2.24) is 4.90 Å². The molecule has 2 N–H and O–H groups in total. The van der Waals surface area contributed by atoms with Crippen LogP contribution >= 0.6 is 11.3 Å². The zero-order valence-corrected chi connectivity index (χ0v) is 14.6. The first-order valence-electron chi connectivity index (χ1n) is 7.94. The Morgan fingerprint density at radius 3 is 2.67 bits per heavy atom. The minimum absolute atomic E-state index is 0.0467. The molecule has 24 heavy (non-hydrogen) atoms. The number of ketones is 1. The van der Waals surface area contributed by atoms with Gasteiger partial charge < -0.3 is 15.4 Å². The monoisotopic (exact) mass is 344 g/mol. The van der Waals surface area contributed by atoms with E-state index in [1.54, 1.807) is 11.8 Å². The summed E-state index contributed by atoms with van der Waals surface area (Å²) < 4.78 is 5.05. The van der Waals surface area contributed by atoms with Crippen LogP contribution in [0.5, 0.6) is 0 Å². The number of nitrogens with zero attached hydrogens (tertiary/aromatic N) is 1. The van der Waals surface area contributed by atoms with Gasteiger partial charge in [0.1, 0.15) is 0 Å². The Bertz CT molecular complexity index is 780. The van der Waals surface area contributed by atoms with Crippen LogP contribution in [0.15, 0.2) is 24.3 Å². The maximum atomic E-state index is 12.9. The zero-order chi connectivity index (χ0) is 17.3. The molecule has 0 unspecified atom stereocenters. The third kappa shape index (κ3) is 3.01. The number of anilines is 1. The van der Waals surface area contributed by atoms with Crippen LogP contribution in [0.2, 0.25) is 0 Å². The highest BCUT2D eigenvalue weighted by Gasteiger charge is 2.29. The summed E-state index contributed by atoms with van der Waals surface area (Å²) >= 11 is 1.39. The van der Waals surface area contributed by atoms with E-state index in [-0.39, 0.29) is 11.9 Å². The standard InChI is InChI=1S/C18H20N2O3S/c1-3-23-18(22)20-9-8-13-14(10-20)24-17(19)15(13)16(21)12-6-4-11(2)5-7-12/h4-7H,3,8-10,19H2,1-2H3. The van der Waals surface area contributed by atoms with Gasteiger partial charge in [-0.05, 0) is 25.8 Å². The molecule has 1 aromatic heterocycles. The van der Waals surface area contributed by atoms with Crippen molar-refractivity contribution in [2.24, 2.45) is 0 Å². The van der Waals surface area contributed by atoms with Crippen molar-refractivity contribution in [2.45, 2.75) is 26.8 Å². The van der Waals surface area contributed by atoms with Crippen LogP contribution in [0.1, 0.15) is 38.8 Å². The SMILES string of the molecule is CCOC(=O)N1CCc2c(sc(N)c2C(=O)c2ccc(C)cc2)C1. The van der Waals surface area contributed by atoms with Crippen molar-refractivity contribution in [3.8, 4) is 0 Å². The summed E-state index contributed by atoms with van der Waals surface area (Å²) in [4.78, 5) is 27.4. The van der Waals surface area contributed by atoms with E-state index >= 15 is 0 Å². The van der Waals surface area contributed by atoms with Gasteiger partial charge in [-0.2, -0.15) is 0 Å². The highest BCUT2D eigenvalue weighted by Crippen LogP contribution is 2.36. The molecule has 1 aromatic carbocycles. The Morgan fingerprint density at radius 2 is 2.00 bits per heavy atom. The molecular formula is C18H20N2O3S. The summed E-state index contributed by atoms with van der Waals surface area (Å²) in [6.07, 6.45) is 0.302. The molecule has 1 aliphatic heterocycles. The highest BCUT2D eigenvalue weighted by atomic mass is 32.1. The Morgan fingerprint density at radius 1 is 1.29 bits per heavy atom. The van der Waals surface area contributed by atoms with Crippen molar-refractivity contribution in [2.75, 3.05) is 18.9 Å². The van der Waals surface area contributed by atoms with Crippen molar-refractivity contribution in [3.05, 3.63) is 51.4 Å². The molecule has 2 heterocycles. The summed E-state index contributed by atoms with van der Waals surface area (Å²) in [5, 5.41) is 0.524. The van der Waals surface area contributed by atoms with Gasteiger partial charge in [-0.15, -0.1) is 11.3 Å². The van der Waals surface area contributed by atoms with Crippen LogP contribution in [0.3, 0.4) is 0 Å². The fourth-order valence-electron chi connectivity index (χ4n) is 2.89. The normalized spacial score (nSPS) is 13.5. The molecule has 0 saturated carbocycles. The lowest BCUT2D eigenvalue weighted by Gasteiger charge is -2.26. The van der Waals surface area contributed by atoms with Crippen LogP contribution < -0.4 is 5.73 Å². The van der Waals surface area contributed by atoms with Crippen LogP contribution in [-0.2, 0) is 17.7 Å². The Balaban J connectivity index is 1.89. The van der Waals surface area contributed by atoms with E-state index in [2.05, 4.69) is 0 Å². The molecule has 2 aromatic rings. The number of fused-ring (bicyclic) bond motifs is 1. The first kappa shape index (κ1) is 16.5. The summed E-state index contributed by atoms with van der Waals surface area (Å²) in [5.41, 5.74) is 9.46. The summed E-state index contributed by atoms with van der Waals surface area (Å²) in [6.45, 7) is 5.11. The highest BCUT2D eigenvalue weighted by molar-refractivity contribution is 7.16. The summed E-state index contributed by atoms with van der Waals surface area (Å²) in [6, 6.07) is 7.50. The minimum atomic E-state index is -0.318. The van der Waals surface area contributed by atoms with Gasteiger partial charge in [-0.3, -0.25) is 4.79 Å². The Labute approximate surface area is 145 Å². The van der Waals surface area contributed by atoms with Gasteiger partial charge >= 0.3 is 6.09 Å². The molecule has 0 fully saturated rings. The molecule has 126 valence electrons. The number of ether oxygens (including phenoxy) is 1. The van der Waals surface area contributed by atoms with E-state index in [0.717, 1.165) is 16.0 Å². The van der Waals surface area contributed by atoms with Crippen LogP contribution in [0.4, 0.5) is 9.80 Å². The lowest BCUT2D eigenvalue weighted by molar-refractivity contribution is 0.102. The minimum Gasteiger partial charge on any atom is -0.450 e. The predicted octanol–water partition coefficient (Wildman–Crippen LogP) is 3.38. The second kappa shape index (κ2) is 6.65. The Kier molecular flexibility index (Phi) is 4.57. The van der Waals surface area contributed by atoms with Crippen molar-refractivity contribution < 1.29 is 14.3 Å². The Hall–Kier alpha value is -2.34. The number of benzene rings is 1. The van der Waals surface area contributed by atoms with Crippen LogP contribution in [-0.4, -0.2) is 29.9 Å². The molecule has 0 saturated heterocycles. The van der Waals surface area contributed by atoms with Gasteiger partial charge in [0.2, 0.25) is 0 Å². The third-order valence-electron chi connectivity index (χ3n) is 4.15. The summed E-state index contributed by atoms with van der Waals surface area (Å²) in [5.74, 6) is -0.0467. The first-order chi connectivity index (χ1) is 11.5. The van der Waals surface area contributed by atoms with Gasteiger partial charge in [0.05, 0.1) is 23.7 Å². The molecule has 0 spiro atoms. The third-order valence-corrected chi connectivity index (χ3v) is 5.20. The average molecular weight is 344 g/mol. The number of nitrogens with two attached hydrogens (primary N) is 1. The number of carbonyl (C=O) groups excluding carboxylic acids is 2. The van der Waals surface area contributed by atoms with Crippen molar-refractivity contribution in [3.63, 3.8) is 0 Å². The van der Waals surface area contributed by atoms with E-state index in [4.69, 9.17) is 10.5 Å². The lowest BCUT2D eigenvalue weighted by atomic mass is 9.96. The molecule has 3 rings (SSSR count). The van der Waals surface area contributed by atoms with Crippen molar-refractivity contribution in [1.29, 1.82) is 0 Å². The lowest BCUT2D eigenvalue weighted by Crippen LogP contribution is -2.36. The maximum absolute atomic E-state index is 12.9. The molecule has 6 heteroatoms. The van der Waals surface area contributed by atoms with Gasteiger partial charge in [-0.1, -0.05) is 29.8 Å². The van der Waals surface area contributed by atoms with Gasteiger partial charge in [0, 0.05) is 17.0 Å². The van der Waals surface area contributed by atoms with Gasteiger partial charge in [0.15, 0.2) is 5.78 Å². The maximum Gasteiger partial charge on any atom is 0.410 e. The fourth-order valence-corrected chi connectivity index (χ4v) is 4.02. The number of carbonyl (C=O) groups is 2. The molecule has 0 bridgehead atoms. The van der Waals surface area contributed by atoms with Crippen LogP contribution in [0.25, 0.3) is 0 Å². The number of rotatable bonds is 3. The number of hydrogen-bond donors (Lipinski definition) is 1. The quantitative estimate of drug-likeness (QED) is 0.866. The van der Waals surface area contributed by atoms with E-state index in [1.165, 1.54) is 11.3 Å². The molecule has 1 amide bonds. The molecule has 5 nitrogen and oxygen atoms in total. The molecule has 0 aliphatic carbocycles. The number of hydrogen-bond acceptors (Lipinski definition) is 5. The van der Waals surface area contributed by atoms with E-state index in [0.29, 0.717) is 42.2 Å². The second-order valence-corrected chi connectivity index (χ2v) is 6.95. The zero-order valence-electron chi connectivity index (χ0n) is 13.8. The topological polar surface area (TPSA) is 72.6 Å². The first-order valence-corrected chi connectivity index (χ1v) is 8.76. The predicted molar refractivity (Wildman–Crippen MR) is 94.5 cm³/mol. The fraction of sp³-hybridized carbons (Fsp3) is 0.333. The number of aryl methyl sites for hydroxylation is 1. The van der Waals surface area contributed by atoms with Crippen LogP contribution in [0, 0.1) is 6.92 Å². The van der Waals surface area contributed by atoms with Crippen molar-refractivity contribution >= 4 is 28.2 Å². The second-order valence-electron chi connectivity index (χ2n) is 5.81. The van der Waals surface area contributed by atoms with E-state index in [9.17, 15) is 9.59 Å². The smallest absolute Gasteiger partial charge is 0.410 e. The van der Waals surface area contributed by atoms with E-state index in [1.807, 2.05) is 31.2 Å². The number of nitrogen functional groups attached to an aromatic ring is 1. The molecule has 0 atom stereocenters. The molecular weight excluding hydrogens is 324 g/mol. The molecule has 0 radical (unpaired) electrons. The van der Waals surface area contributed by atoms with Gasteiger partial charge in [0.25, 0.3) is 0 Å². The number of amides is 1. The van der Waals surface area contributed by atoms with E-state index < -0.39 is 0 Å². The summed E-state index contributed by atoms with van der Waals surface area (Å²) in [7, 11) is 0. The largest absolute Gasteiger partial charge is 0.450 e. The average Bonchev–Trinajstić information content (AvgIpc) is 2.90.